The van der Waals surface area contributed by atoms with E-state index in [4.69, 9.17) is 0 Å². The van der Waals surface area contributed by atoms with E-state index in [-0.39, 0.29) is 18.4 Å². The molecule has 116 valence electrons. The number of amides is 2. The maximum atomic E-state index is 12.1. The van der Waals surface area contributed by atoms with Gasteiger partial charge in [0.1, 0.15) is 5.82 Å². The van der Waals surface area contributed by atoms with Crippen molar-refractivity contribution in [1.82, 2.24) is 20.6 Å². The molecule has 0 aliphatic heterocycles. The number of carbonyl (C=O) groups is 2. The van der Waals surface area contributed by atoms with Crippen molar-refractivity contribution in [2.75, 3.05) is 6.54 Å². The molecule has 1 aromatic heterocycles. The first-order chi connectivity index (χ1) is 11.2. The normalized spacial score (nSPS) is 10.4. The highest BCUT2D eigenvalue weighted by atomic mass is 16.2. The SMILES string of the molecule is O=C(CNC(=O)c1ccc2ccccc2c1)NCc1ncc[nH]1. The van der Waals surface area contributed by atoms with Crippen LogP contribution in [0.25, 0.3) is 10.8 Å². The second-order valence-electron chi connectivity index (χ2n) is 5.06. The molecule has 3 aromatic rings. The molecular weight excluding hydrogens is 292 g/mol. The van der Waals surface area contributed by atoms with Crippen LogP contribution >= 0.6 is 0 Å². The maximum absolute atomic E-state index is 12.1. The fourth-order valence-electron chi connectivity index (χ4n) is 2.23. The summed E-state index contributed by atoms with van der Waals surface area (Å²) >= 11 is 0. The predicted molar refractivity (Wildman–Crippen MR) is 86.7 cm³/mol. The van der Waals surface area contributed by atoms with E-state index in [0.717, 1.165) is 10.8 Å². The molecule has 3 N–H and O–H groups in total. The molecule has 0 bridgehead atoms. The number of carbonyl (C=O) groups excluding carboxylic acids is 2. The summed E-state index contributed by atoms with van der Waals surface area (Å²) in [7, 11) is 0. The molecule has 6 nitrogen and oxygen atoms in total. The van der Waals surface area contributed by atoms with Gasteiger partial charge in [-0.2, -0.15) is 0 Å². The lowest BCUT2D eigenvalue weighted by atomic mass is 10.1. The van der Waals surface area contributed by atoms with Gasteiger partial charge in [-0.3, -0.25) is 9.59 Å². The molecule has 0 atom stereocenters. The molecule has 0 aliphatic carbocycles. The number of imidazole rings is 1. The van der Waals surface area contributed by atoms with Crippen molar-refractivity contribution in [2.24, 2.45) is 0 Å². The number of aromatic amines is 1. The summed E-state index contributed by atoms with van der Waals surface area (Å²) in [6, 6.07) is 13.3. The molecular formula is C17H16N4O2. The molecule has 0 fully saturated rings. The minimum Gasteiger partial charge on any atom is -0.347 e. The molecule has 0 saturated heterocycles. The first-order valence-electron chi connectivity index (χ1n) is 7.24. The summed E-state index contributed by atoms with van der Waals surface area (Å²) in [6.07, 6.45) is 3.30. The number of H-pyrrole nitrogens is 1. The third-order valence-electron chi connectivity index (χ3n) is 3.43. The summed E-state index contributed by atoms with van der Waals surface area (Å²) in [4.78, 5) is 30.7. The van der Waals surface area contributed by atoms with Gasteiger partial charge in [0.25, 0.3) is 5.91 Å². The van der Waals surface area contributed by atoms with Crippen molar-refractivity contribution >= 4 is 22.6 Å². The first-order valence-corrected chi connectivity index (χ1v) is 7.24. The van der Waals surface area contributed by atoms with Gasteiger partial charge in [-0.15, -0.1) is 0 Å². The standard InChI is InChI=1S/C17H16N4O2/c22-16(20-10-15-18-7-8-19-15)11-21-17(23)14-6-5-12-3-1-2-4-13(12)9-14/h1-9H,10-11H2,(H,18,19)(H,20,22)(H,21,23). The highest BCUT2D eigenvalue weighted by molar-refractivity contribution is 5.99. The molecule has 0 saturated carbocycles. The monoisotopic (exact) mass is 308 g/mol. The third-order valence-corrected chi connectivity index (χ3v) is 3.43. The molecule has 2 aromatic carbocycles. The van der Waals surface area contributed by atoms with E-state index in [1.54, 1.807) is 18.5 Å². The van der Waals surface area contributed by atoms with E-state index in [0.29, 0.717) is 17.9 Å². The van der Waals surface area contributed by atoms with Crippen molar-refractivity contribution in [2.45, 2.75) is 6.54 Å². The number of nitrogens with one attached hydrogen (secondary N) is 3. The second kappa shape index (κ2) is 6.74. The fourth-order valence-corrected chi connectivity index (χ4v) is 2.23. The lowest BCUT2D eigenvalue weighted by molar-refractivity contribution is -0.120. The summed E-state index contributed by atoms with van der Waals surface area (Å²) in [5.41, 5.74) is 0.530. The molecule has 3 rings (SSSR count). The zero-order valence-corrected chi connectivity index (χ0v) is 12.4. The minimum absolute atomic E-state index is 0.0770. The predicted octanol–water partition coefficient (Wildman–Crippen LogP) is 1.61. The Hall–Kier alpha value is -3.15. The molecule has 23 heavy (non-hydrogen) atoms. The van der Waals surface area contributed by atoms with Crippen LogP contribution in [0.15, 0.2) is 54.9 Å². The van der Waals surface area contributed by atoms with E-state index >= 15 is 0 Å². The van der Waals surface area contributed by atoms with E-state index in [1.165, 1.54) is 0 Å². The maximum Gasteiger partial charge on any atom is 0.251 e. The third kappa shape index (κ3) is 3.74. The average Bonchev–Trinajstić information content (AvgIpc) is 3.11. The Morgan fingerprint density at radius 2 is 1.87 bits per heavy atom. The van der Waals surface area contributed by atoms with Crippen molar-refractivity contribution in [3.05, 3.63) is 66.2 Å². The van der Waals surface area contributed by atoms with Crippen LogP contribution in [0.1, 0.15) is 16.2 Å². The molecule has 1 heterocycles. The van der Waals surface area contributed by atoms with Crippen molar-refractivity contribution in [1.29, 1.82) is 0 Å². The summed E-state index contributed by atoms with van der Waals surface area (Å²) < 4.78 is 0. The van der Waals surface area contributed by atoms with Crippen molar-refractivity contribution in [3.63, 3.8) is 0 Å². The van der Waals surface area contributed by atoms with Gasteiger partial charge >= 0.3 is 0 Å². The smallest absolute Gasteiger partial charge is 0.251 e. The van der Waals surface area contributed by atoms with Gasteiger partial charge in [0.15, 0.2) is 0 Å². The quantitative estimate of drug-likeness (QED) is 0.669. The van der Waals surface area contributed by atoms with Crippen LogP contribution in [0.5, 0.6) is 0 Å². The number of aromatic nitrogens is 2. The van der Waals surface area contributed by atoms with E-state index in [2.05, 4.69) is 20.6 Å². The van der Waals surface area contributed by atoms with Gasteiger partial charge in [0.05, 0.1) is 13.1 Å². The summed E-state index contributed by atoms with van der Waals surface area (Å²) in [6.45, 7) is 0.226. The highest BCUT2D eigenvalue weighted by Gasteiger charge is 2.08. The molecule has 0 aliphatic rings. The zero-order chi connectivity index (χ0) is 16.1. The van der Waals surface area contributed by atoms with Crippen molar-refractivity contribution < 1.29 is 9.59 Å². The molecule has 0 spiro atoms. The van der Waals surface area contributed by atoms with Crippen LogP contribution < -0.4 is 10.6 Å². The number of hydrogen-bond donors (Lipinski definition) is 3. The van der Waals surface area contributed by atoms with Crippen LogP contribution in [0.4, 0.5) is 0 Å². The van der Waals surface area contributed by atoms with Crippen molar-refractivity contribution in [3.8, 4) is 0 Å². The Balaban J connectivity index is 1.54. The van der Waals surface area contributed by atoms with Crippen LogP contribution in [-0.2, 0) is 11.3 Å². The zero-order valence-electron chi connectivity index (χ0n) is 12.4. The minimum atomic E-state index is -0.274. The Labute approximate surface area is 132 Å². The van der Waals surface area contributed by atoms with Gasteiger partial charge in [-0.25, -0.2) is 4.98 Å². The van der Waals surface area contributed by atoms with Crippen LogP contribution in [0.3, 0.4) is 0 Å². The van der Waals surface area contributed by atoms with Crippen LogP contribution in [-0.4, -0.2) is 28.3 Å². The lowest BCUT2D eigenvalue weighted by Crippen LogP contribution is -2.36. The Bertz CT molecular complexity index is 827. The van der Waals surface area contributed by atoms with Crippen LogP contribution in [0, 0.1) is 0 Å². The lowest BCUT2D eigenvalue weighted by Gasteiger charge is -2.07. The Morgan fingerprint density at radius 3 is 2.65 bits per heavy atom. The molecule has 0 radical (unpaired) electrons. The topological polar surface area (TPSA) is 86.9 Å². The largest absolute Gasteiger partial charge is 0.347 e. The number of fused-ring (bicyclic) bond motifs is 1. The van der Waals surface area contributed by atoms with Gasteiger partial charge in [0, 0.05) is 18.0 Å². The summed E-state index contributed by atoms with van der Waals surface area (Å²) in [5, 5.41) is 7.34. The van der Waals surface area contributed by atoms with Gasteiger partial charge in [-0.1, -0.05) is 30.3 Å². The second-order valence-corrected chi connectivity index (χ2v) is 5.06. The fraction of sp³-hybridized carbons (Fsp3) is 0.118. The highest BCUT2D eigenvalue weighted by Crippen LogP contribution is 2.15. The Morgan fingerprint density at radius 1 is 1.04 bits per heavy atom. The Kier molecular flexibility index (Phi) is 4.33. The number of rotatable bonds is 5. The van der Waals surface area contributed by atoms with E-state index in [9.17, 15) is 9.59 Å². The van der Waals surface area contributed by atoms with E-state index < -0.39 is 0 Å². The van der Waals surface area contributed by atoms with Gasteiger partial charge in [0.2, 0.25) is 5.91 Å². The number of hydrogen-bond acceptors (Lipinski definition) is 3. The summed E-state index contributed by atoms with van der Waals surface area (Å²) in [5.74, 6) is 0.124. The molecule has 6 heteroatoms. The number of benzene rings is 2. The van der Waals surface area contributed by atoms with Crippen LogP contribution in [0.2, 0.25) is 0 Å². The van der Waals surface area contributed by atoms with Gasteiger partial charge in [-0.05, 0) is 22.9 Å². The van der Waals surface area contributed by atoms with Gasteiger partial charge < -0.3 is 15.6 Å². The van der Waals surface area contributed by atoms with E-state index in [1.807, 2.05) is 36.4 Å². The average molecular weight is 308 g/mol. The molecule has 2 amide bonds. The number of nitrogens with zero attached hydrogens (tertiary/aromatic N) is 1. The molecule has 0 unspecified atom stereocenters. The first kappa shape index (κ1) is 14.8.